The molecule has 2 rings (SSSR count). The molecule has 1 aliphatic rings. The van der Waals surface area contributed by atoms with Gasteiger partial charge in [0.05, 0.1) is 6.61 Å². The molecule has 0 aliphatic heterocycles. The molecule has 1 heterocycles. The molecule has 24 heavy (non-hydrogen) atoms. The predicted molar refractivity (Wildman–Crippen MR) is 110 cm³/mol. The number of nitrogens with one attached hydrogen (secondary N) is 2. The fourth-order valence-corrected chi connectivity index (χ4v) is 2.82. The Labute approximate surface area is 163 Å². The van der Waals surface area contributed by atoms with Crippen molar-refractivity contribution in [1.82, 2.24) is 15.6 Å². The zero-order valence-corrected chi connectivity index (χ0v) is 17.4. The summed E-state index contributed by atoms with van der Waals surface area (Å²) < 4.78 is 5.50. The van der Waals surface area contributed by atoms with Crippen LogP contribution in [0.4, 0.5) is 0 Å². The van der Waals surface area contributed by atoms with E-state index in [2.05, 4.69) is 34.5 Å². The monoisotopic (exact) mass is 446 g/mol. The summed E-state index contributed by atoms with van der Waals surface area (Å²) in [5.41, 5.74) is 1.60. The van der Waals surface area contributed by atoms with Gasteiger partial charge < -0.3 is 15.4 Å². The number of nitrogens with zero attached hydrogens (tertiary/aromatic N) is 2. The normalized spacial score (nSPS) is 15.9. The van der Waals surface area contributed by atoms with Crippen molar-refractivity contribution in [3.63, 3.8) is 0 Å². The first kappa shape index (κ1) is 21.0. The summed E-state index contributed by atoms with van der Waals surface area (Å²) in [5.74, 6) is 1.55. The molecule has 0 spiro atoms. The van der Waals surface area contributed by atoms with Crippen molar-refractivity contribution >= 4 is 29.9 Å². The van der Waals surface area contributed by atoms with Gasteiger partial charge in [-0.3, -0.25) is 4.99 Å². The van der Waals surface area contributed by atoms with Gasteiger partial charge in [-0.05, 0) is 36.7 Å². The summed E-state index contributed by atoms with van der Waals surface area (Å²) in [6.45, 7) is 6.79. The van der Waals surface area contributed by atoms with Crippen molar-refractivity contribution in [3.05, 3.63) is 23.9 Å². The van der Waals surface area contributed by atoms with Gasteiger partial charge in [-0.1, -0.05) is 26.3 Å². The maximum atomic E-state index is 5.50. The van der Waals surface area contributed by atoms with Gasteiger partial charge in [0.15, 0.2) is 5.96 Å². The first-order valence-electron chi connectivity index (χ1n) is 8.73. The highest BCUT2D eigenvalue weighted by atomic mass is 127. The van der Waals surface area contributed by atoms with Crippen LogP contribution in [0.2, 0.25) is 0 Å². The van der Waals surface area contributed by atoms with Gasteiger partial charge in [0.1, 0.15) is 0 Å². The Bertz CT molecular complexity index is 495. The van der Waals surface area contributed by atoms with Gasteiger partial charge in [-0.2, -0.15) is 0 Å². The Hall–Kier alpha value is -1.05. The number of aromatic nitrogens is 1. The highest BCUT2D eigenvalue weighted by Crippen LogP contribution is 2.42. The number of halogens is 1. The van der Waals surface area contributed by atoms with Gasteiger partial charge in [0, 0.05) is 32.4 Å². The van der Waals surface area contributed by atoms with E-state index in [9.17, 15) is 0 Å². The first-order chi connectivity index (χ1) is 11.2. The minimum atomic E-state index is 0. The quantitative estimate of drug-likeness (QED) is 0.363. The second-order valence-electron chi connectivity index (χ2n) is 6.34. The maximum Gasteiger partial charge on any atom is 0.213 e. The molecule has 1 aliphatic carbocycles. The summed E-state index contributed by atoms with van der Waals surface area (Å²) in [4.78, 5) is 8.62. The van der Waals surface area contributed by atoms with E-state index in [0.29, 0.717) is 24.4 Å². The molecule has 0 atom stereocenters. The third-order valence-electron chi connectivity index (χ3n) is 4.73. The Morgan fingerprint density at radius 1 is 1.29 bits per heavy atom. The SMILES string of the molecule is CCCOc1ccc(CNC(=NC)NCC2(CC)CCC2)cn1.I. The van der Waals surface area contributed by atoms with Crippen molar-refractivity contribution in [2.24, 2.45) is 10.4 Å². The molecule has 0 saturated heterocycles. The lowest BCUT2D eigenvalue weighted by Crippen LogP contribution is -2.46. The Morgan fingerprint density at radius 3 is 2.58 bits per heavy atom. The average molecular weight is 446 g/mol. The summed E-state index contributed by atoms with van der Waals surface area (Å²) >= 11 is 0. The number of aliphatic imine (C=N–C) groups is 1. The average Bonchev–Trinajstić information content (AvgIpc) is 2.56. The van der Waals surface area contributed by atoms with E-state index < -0.39 is 0 Å². The molecule has 0 aromatic carbocycles. The molecule has 1 aromatic heterocycles. The lowest BCUT2D eigenvalue weighted by Gasteiger charge is -2.41. The second kappa shape index (κ2) is 10.7. The molecule has 5 nitrogen and oxygen atoms in total. The fourth-order valence-electron chi connectivity index (χ4n) is 2.82. The molecule has 2 N–H and O–H groups in total. The molecule has 6 heteroatoms. The molecule has 0 bridgehead atoms. The Kier molecular flexibility index (Phi) is 9.39. The molecule has 1 aromatic rings. The van der Waals surface area contributed by atoms with Crippen molar-refractivity contribution in [1.29, 1.82) is 0 Å². The van der Waals surface area contributed by atoms with E-state index >= 15 is 0 Å². The smallest absolute Gasteiger partial charge is 0.213 e. The number of hydrogen-bond acceptors (Lipinski definition) is 3. The summed E-state index contributed by atoms with van der Waals surface area (Å²) in [7, 11) is 1.81. The first-order valence-corrected chi connectivity index (χ1v) is 8.73. The third kappa shape index (κ3) is 6.11. The van der Waals surface area contributed by atoms with Crippen molar-refractivity contribution in [3.8, 4) is 5.88 Å². The Balaban J connectivity index is 0.00000288. The van der Waals surface area contributed by atoms with E-state index in [4.69, 9.17) is 4.74 Å². The Morgan fingerprint density at radius 2 is 2.08 bits per heavy atom. The lowest BCUT2D eigenvalue weighted by molar-refractivity contribution is 0.131. The van der Waals surface area contributed by atoms with Crippen LogP contribution < -0.4 is 15.4 Å². The van der Waals surface area contributed by atoms with Crippen LogP contribution in [0.15, 0.2) is 23.3 Å². The minimum absolute atomic E-state index is 0. The van der Waals surface area contributed by atoms with Crippen LogP contribution in [-0.2, 0) is 6.54 Å². The molecule has 136 valence electrons. The third-order valence-corrected chi connectivity index (χ3v) is 4.73. The topological polar surface area (TPSA) is 58.5 Å². The lowest BCUT2D eigenvalue weighted by atomic mass is 9.67. The largest absolute Gasteiger partial charge is 0.478 e. The molecule has 0 amide bonds. The molecule has 1 fully saturated rings. The fraction of sp³-hybridized carbons (Fsp3) is 0.667. The zero-order chi connectivity index (χ0) is 16.5. The van der Waals surface area contributed by atoms with Crippen LogP contribution in [0, 0.1) is 5.41 Å². The standard InChI is InChI=1S/C18H30N4O.HI/c1-4-11-23-16-8-7-15(12-20-16)13-21-17(19-3)22-14-18(5-2)9-6-10-18;/h7-8,12H,4-6,9-11,13-14H2,1-3H3,(H2,19,21,22);1H. The highest BCUT2D eigenvalue weighted by molar-refractivity contribution is 14.0. The molecule has 0 radical (unpaired) electrons. The maximum absolute atomic E-state index is 5.50. The summed E-state index contributed by atoms with van der Waals surface area (Å²) in [6, 6.07) is 3.96. The van der Waals surface area contributed by atoms with E-state index in [1.54, 1.807) is 0 Å². The van der Waals surface area contributed by atoms with E-state index in [1.807, 2.05) is 25.4 Å². The molecule has 1 saturated carbocycles. The summed E-state index contributed by atoms with van der Waals surface area (Å²) in [5, 5.41) is 6.82. The van der Waals surface area contributed by atoms with Gasteiger partial charge in [-0.15, -0.1) is 24.0 Å². The minimum Gasteiger partial charge on any atom is -0.478 e. The van der Waals surface area contributed by atoms with E-state index in [1.165, 1.54) is 25.7 Å². The predicted octanol–water partition coefficient (Wildman–Crippen LogP) is 3.73. The van der Waals surface area contributed by atoms with Crippen LogP contribution in [-0.4, -0.2) is 31.1 Å². The number of rotatable bonds is 8. The van der Waals surface area contributed by atoms with Crippen LogP contribution in [0.25, 0.3) is 0 Å². The van der Waals surface area contributed by atoms with E-state index in [0.717, 1.165) is 24.5 Å². The highest BCUT2D eigenvalue weighted by Gasteiger charge is 2.34. The molecular weight excluding hydrogens is 415 g/mol. The van der Waals surface area contributed by atoms with Gasteiger partial charge in [0.25, 0.3) is 0 Å². The van der Waals surface area contributed by atoms with E-state index in [-0.39, 0.29) is 24.0 Å². The van der Waals surface area contributed by atoms with Crippen LogP contribution in [0.3, 0.4) is 0 Å². The van der Waals surface area contributed by atoms with Gasteiger partial charge in [0.2, 0.25) is 5.88 Å². The van der Waals surface area contributed by atoms with Crippen LogP contribution in [0.5, 0.6) is 5.88 Å². The molecular formula is C18H31IN4O. The number of guanidine groups is 1. The molecule has 0 unspecified atom stereocenters. The van der Waals surface area contributed by atoms with Crippen molar-refractivity contribution in [2.45, 2.75) is 52.5 Å². The van der Waals surface area contributed by atoms with Crippen molar-refractivity contribution in [2.75, 3.05) is 20.2 Å². The number of pyridine rings is 1. The summed E-state index contributed by atoms with van der Waals surface area (Å²) in [6.07, 6.45) is 8.10. The van der Waals surface area contributed by atoms with Crippen LogP contribution in [0.1, 0.15) is 51.5 Å². The van der Waals surface area contributed by atoms with Gasteiger partial charge in [-0.25, -0.2) is 4.98 Å². The van der Waals surface area contributed by atoms with Gasteiger partial charge >= 0.3 is 0 Å². The van der Waals surface area contributed by atoms with Crippen molar-refractivity contribution < 1.29 is 4.74 Å². The number of ether oxygens (including phenoxy) is 1. The number of hydrogen-bond donors (Lipinski definition) is 2. The second-order valence-corrected chi connectivity index (χ2v) is 6.34. The van der Waals surface area contributed by atoms with Crippen LogP contribution >= 0.6 is 24.0 Å². The zero-order valence-electron chi connectivity index (χ0n) is 15.1.